The number of pyridine rings is 1. The molecule has 0 saturated heterocycles. The molecule has 0 bridgehead atoms. The number of halogens is 1. The predicted octanol–water partition coefficient (Wildman–Crippen LogP) is 2.52. The van der Waals surface area contributed by atoms with Crippen LogP contribution in [0.5, 0.6) is 0 Å². The summed E-state index contributed by atoms with van der Waals surface area (Å²) in [4.78, 5) is 4.29. The van der Waals surface area contributed by atoms with Gasteiger partial charge < -0.3 is 4.57 Å². The summed E-state index contributed by atoms with van der Waals surface area (Å²) in [5.41, 5.74) is 1.06. The molecule has 5 heteroatoms. The van der Waals surface area contributed by atoms with Gasteiger partial charge in [0.1, 0.15) is 5.82 Å². The second-order valence-corrected chi connectivity index (χ2v) is 4.20. The SMILES string of the molecule is CCCc1nnc(Cl)n1CCc1ccccn1. The third-order valence-electron chi connectivity index (χ3n) is 2.57. The standard InChI is InChI=1S/C12H15ClN4/c1-2-5-11-15-16-12(13)17(11)9-7-10-6-3-4-8-14-10/h3-4,6,8H,2,5,7,9H2,1H3. The maximum Gasteiger partial charge on any atom is 0.225 e. The normalized spacial score (nSPS) is 10.7. The van der Waals surface area contributed by atoms with Crippen molar-refractivity contribution in [3.8, 4) is 0 Å². The zero-order valence-corrected chi connectivity index (χ0v) is 10.6. The Labute approximate surface area is 106 Å². The van der Waals surface area contributed by atoms with Crippen LogP contribution < -0.4 is 0 Å². The number of rotatable bonds is 5. The third kappa shape index (κ3) is 3.03. The first kappa shape index (κ1) is 12.0. The number of hydrogen-bond donors (Lipinski definition) is 0. The Morgan fingerprint density at radius 3 is 2.82 bits per heavy atom. The van der Waals surface area contributed by atoms with Crippen molar-refractivity contribution in [2.24, 2.45) is 0 Å². The largest absolute Gasteiger partial charge is 0.301 e. The van der Waals surface area contributed by atoms with E-state index in [0.717, 1.165) is 37.3 Å². The summed E-state index contributed by atoms with van der Waals surface area (Å²) in [6.45, 7) is 2.89. The second-order valence-electron chi connectivity index (χ2n) is 3.86. The van der Waals surface area contributed by atoms with E-state index in [-0.39, 0.29) is 0 Å². The van der Waals surface area contributed by atoms with Crippen LogP contribution in [0.25, 0.3) is 0 Å². The Bertz CT molecular complexity index is 467. The molecule has 2 aromatic rings. The molecule has 0 saturated carbocycles. The van der Waals surface area contributed by atoms with Crippen molar-refractivity contribution in [1.29, 1.82) is 0 Å². The fourth-order valence-electron chi connectivity index (χ4n) is 1.72. The molecular formula is C12H15ClN4. The molecule has 90 valence electrons. The van der Waals surface area contributed by atoms with E-state index in [1.807, 2.05) is 22.8 Å². The molecule has 0 aliphatic heterocycles. The summed E-state index contributed by atoms with van der Waals surface area (Å²) in [5.74, 6) is 0.952. The van der Waals surface area contributed by atoms with E-state index in [4.69, 9.17) is 11.6 Å². The molecule has 0 spiro atoms. The lowest BCUT2D eigenvalue weighted by Crippen LogP contribution is -2.07. The van der Waals surface area contributed by atoms with Crippen LogP contribution in [-0.4, -0.2) is 19.7 Å². The maximum absolute atomic E-state index is 6.02. The molecular weight excluding hydrogens is 236 g/mol. The van der Waals surface area contributed by atoms with Gasteiger partial charge in [-0.3, -0.25) is 4.98 Å². The second kappa shape index (κ2) is 5.77. The Kier molecular flexibility index (Phi) is 4.09. The number of aryl methyl sites for hydroxylation is 2. The van der Waals surface area contributed by atoms with E-state index < -0.39 is 0 Å². The molecule has 0 amide bonds. The van der Waals surface area contributed by atoms with Crippen LogP contribution in [0.3, 0.4) is 0 Å². The summed E-state index contributed by atoms with van der Waals surface area (Å²) in [6.07, 6.45) is 4.59. The predicted molar refractivity (Wildman–Crippen MR) is 67.0 cm³/mol. The van der Waals surface area contributed by atoms with Crippen molar-refractivity contribution in [3.63, 3.8) is 0 Å². The fourth-order valence-corrected chi connectivity index (χ4v) is 1.94. The van der Waals surface area contributed by atoms with Gasteiger partial charge in [0, 0.05) is 31.3 Å². The molecule has 0 aromatic carbocycles. The minimum Gasteiger partial charge on any atom is -0.301 e. The van der Waals surface area contributed by atoms with Crippen LogP contribution in [0.4, 0.5) is 0 Å². The zero-order chi connectivity index (χ0) is 12.1. The van der Waals surface area contributed by atoms with Gasteiger partial charge >= 0.3 is 0 Å². The molecule has 4 nitrogen and oxygen atoms in total. The van der Waals surface area contributed by atoms with Crippen molar-refractivity contribution < 1.29 is 0 Å². The fraction of sp³-hybridized carbons (Fsp3) is 0.417. The van der Waals surface area contributed by atoms with Gasteiger partial charge in [-0.05, 0) is 30.2 Å². The molecule has 0 radical (unpaired) electrons. The van der Waals surface area contributed by atoms with Crippen molar-refractivity contribution in [1.82, 2.24) is 19.7 Å². The van der Waals surface area contributed by atoms with E-state index in [2.05, 4.69) is 22.1 Å². The van der Waals surface area contributed by atoms with Crippen molar-refractivity contribution in [2.75, 3.05) is 0 Å². The highest BCUT2D eigenvalue weighted by Crippen LogP contribution is 2.11. The van der Waals surface area contributed by atoms with Crippen LogP contribution >= 0.6 is 11.6 Å². The molecule has 0 N–H and O–H groups in total. The number of hydrogen-bond acceptors (Lipinski definition) is 3. The van der Waals surface area contributed by atoms with Crippen LogP contribution in [0.2, 0.25) is 5.28 Å². The van der Waals surface area contributed by atoms with Crippen LogP contribution in [0, 0.1) is 0 Å². The molecule has 0 aliphatic carbocycles. The quantitative estimate of drug-likeness (QED) is 0.819. The Morgan fingerprint density at radius 2 is 2.12 bits per heavy atom. The third-order valence-corrected chi connectivity index (χ3v) is 2.85. The molecule has 0 unspecified atom stereocenters. The summed E-state index contributed by atoms with van der Waals surface area (Å²) < 4.78 is 1.96. The van der Waals surface area contributed by atoms with Crippen molar-refractivity contribution >= 4 is 11.6 Å². The van der Waals surface area contributed by atoms with E-state index >= 15 is 0 Å². The molecule has 2 heterocycles. The van der Waals surface area contributed by atoms with E-state index in [9.17, 15) is 0 Å². The Balaban J connectivity index is 2.06. The lowest BCUT2D eigenvalue weighted by Gasteiger charge is -2.06. The van der Waals surface area contributed by atoms with Crippen LogP contribution in [0.1, 0.15) is 24.9 Å². The van der Waals surface area contributed by atoms with Crippen molar-refractivity contribution in [2.45, 2.75) is 32.7 Å². The summed E-state index contributed by atoms with van der Waals surface area (Å²) in [6, 6.07) is 5.92. The molecule has 2 rings (SSSR count). The van der Waals surface area contributed by atoms with E-state index in [0.29, 0.717) is 5.28 Å². The van der Waals surface area contributed by atoms with Gasteiger partial charge in [-0.15, -0.1) is 10.2 Å². The van der Waals surface area contributed by atoms with Crippen LogP contribution in [-0.2, 0) is 19.4 Å². The Morgan fingerprint density at radius 1 is 1.24 bits per heavy atom. The van der Waals surface area contributed by atoms with E-state index in [1.165, 1.54) is 0 Å². The molecule has 0 fully saturated rings. The summed E-state index contributed by atoms with van der Waals surface area (Å²) in [5, 5.41) is 8.45. The van der Waals surface area contributed by atoms with Gasteiger partial charge in [-0.1, -0.05) is 13.0 Å². The number of aromatic nitrogens is 4. The van der Waals surface area contributed by atoms with E-state index in [1.54, 1.807) is 6.20 Å². The average Bonchev–Trinajstić information content (AvgIpc) is 2.70. The van der Waals surface area contributed by atoms with Gasteiger partial charge in [0.25, 0.3) is 0 Å². The van der Waals surface area contributed by atoms with Gasteiger partial charge in [-0.25, -0.2) is 0 Å². The lowest BCUT2D eigenvalue weighted by atomic mass is 10.2. The zero-order valence-electron chi connectivity index (χ0n) is 9.80. The lowest BCUT2D eigenvalue weighted by molar-refractivity contribution is 0.636. The first-order valence-electron chi connectivity index (χ1n) is 5.78. The van der Waals surface area contributed by atoms with Gasteiger partial charge in [0.05, 0.1) is 0 Å². The summed E-state index contributed by atoms with van der Waals surface area (Å²) in [7, 11) is 0. The maximum atomic E-state index is 6.02. The van der Waals surface area contributed by atoms with Gasteiger partial charge in [0.15, 0.2) is 0 Å². The minimum atomic E-state index is 0.462. The summed E-state index contributed by atoms with van der Waals surface area (Å²) >= 11 is 6.02. The highest BCUT2D eigenvalue weighted by atomic mass is 35.5. The van der Waals surface area contributed by atoms with Gasteiger partial charge in [0.2, 0.25) is 5.28 Å². The first-order chi connectivity index (χ1) is 8.31. The monoisotopic (exact) mass is 250 g/mol. The first-order valence-corrected chi connectivity index (χ1v) is 6.16. The molecule has 0 atom stereocenters. The highest BCUT2D eigenvalue weighted by Gasteiger charge is 2.09. The molecule has 0 aliphatic rings. The van der Waals surface area contributed by atoms with Gasteiger partial charge in [-0.2, -0.15) is 0 Å². The van der Waals surface area contributed by atoms with Crippen molar-refractivity contribution in [3.05, 3.63) is 41.2 Å². The topological polar surface area (TPSA) is 43.6 Å². The molecule has 2 aromatic heterocycles. The van der Waals surface area contributed by atoms with Crippen LogP contribution in [0.15, 0.2) is 24.4 Å². The highest BCUT2D eigenvalue weighted by molar-refractivity contribution is 6.28. The molecule has 17 heavy (non-hydrogen) atoms. The smallest absolute Gasteiger partial charge is 0.225 e. The average molecular weight is 251 g/mol. The number of nitrogens with zero attached hydrogens (tertiary/aromatic N) is 4. The minimum absolute atomic E-state index is 0.462. The Hall–Kier alpha value is -1.42.